The molecule has 2 aliphatic heterocycles. The van der Waals surface area contributed by atoms with Crippen LogP contribution in [0.5, 0.6) is 5.75 Å². The molecule has 1 aromatic carbocycles. The lowest BCUT2D eigenvalue weighted by Crippen LogP contribution is -2.39. The molecule has 3 heterocycles. The number of alkyl halides is 1. The number of nitrogens with zero attached hydrogens (tertiary/aromatic N) is 4. The summed E-state index contributed by atoms with van der Waals surface area (Å²) in [7, 11) is 0. The molecule has 0 bridgehead atoms. The van der Waals surface area contributed by atoms with Crippen LogP contribution < -0.4 is 15.4 Å². The van der Waals surface area contributed by atoms with Crippen molar-refractivity contribution in [3.05, 3.63) is 48.1 Å². The average molecular weight is 422 g/mol. The van der Waals surface area contributed by atoms with Gasteiger partial charge < -0.3 is 20.3 Å². The molecule has 0 spiro atoms. The molecule has 160 valence electrons. The van der Waals surface area contributed by atoms with Crippen molar-refractivity contribution in [1.82, 2.24) is 14.9 Å². The van der Waals surface area contributed by atoms with Crippen molar-refractivity contribution in [2.75, 3.05) is 30.3 Å². The molecule has 8 nitrogen and oxygen atoms in total. The van der Waals surface area contributed by atoms with Crippen LogP contribution in [0.15, 0.2) is 42.4 Å². The summed E-state index contributed by atoms with van der Waals surface area (Å²) < 4.78 is 18.9. The zero-order valence-electron chi connectivity index (χ0n) is 17.0. The first-order valence-corrected chi connectivity index (χ1v) is 10.3. The van der Waals surface area contributed by atoms with Gasteiger partial charge in [-0.15, -0.1) is 0 Å². The van der Waals surface area contributed by atoms with Crippen LogP contribution in [0.1, 0.15) is 31.4 Å². The number of fused-ring (bicyclic) bond motifs is 1. The van der Waals surface area contributed by atoms with Crippen LogP contribution in [-0.4, -0.2) is 46.6 Å². The molecule has 2 aliphatic rings. The second kappa shape index (κ2) is 9.43. The van der Waals surface area contributed by atoms with Gasteiger partial charge in [-0.3, -0.25) is 4.79 Å². The van der Waals surface area contributed by atoms with E-state index in [4.69, 9.17) is 4.74 Å². The highest BCUT2D eigenvalue weighted by atomic mass is 19.1. The predicted octanol–water partition coefficient (Wildman–Crippen LogP) is 3.33. The van der Waals surface area contributed by atoms with Gasteiger partial charge in [0.25, 0.3) is 0 Å². The first-order chi connectivity index (χ1) is 15.1. The Labute approximate surface area is 179 Å². The fraction of sp³-hybridized carbons (Fsp3) is 0.364. The highest BCUT2D eigenvalue weighted by molar-refractivity contribution is 5.81. The Morgan fingerprint density at radius 1 is 1.32 bits per heavy atom. The minimum atomic E-state index is -0.789. The number of para-hydroxylation sites is 2. The number of likely N-dealkylation sites (tertiary alicyclic amines) is 1. The number of aromatic nitrogens is 2. The van der Waals surface area contributed by atoms with Crippen LogP contribution in [0.2, 0.25) is 0 Å². The van der Waals surface area contributed by atoms with Gasteiger partial charge in [0.1, 0.15) is 17.8 Å². The van der Waals surface area contributed by atoms with Gasteiger partial charge in [0.05, 0.1) is 11.4 Å². The first-order valence-electron chi connectivity index (χ1n) is 10.3. The smallest absolute Gasteiger partial charge is 0.223 e. The Balaban J connectivity index is 1.33. The summed E-state index contributed by atoms with van der Waals surface area (Å²) in [6.07, 6.45) is 2.61. The van der Waals surface area contributed by atoms with E-state index >= 15 is 0 Å². The number of rotatable bonds is 6. The fourth-order valence-electron chi connectivity index (χ4n) is 3.53. The summed E-state index contributed by atoms with van der Waals surface area (Å²) in [5, 5.41) is 15.8. The van der Waals surface area contributed by atoms with E-state index in [1.165, 1.54) is 0 Å². The molecule has 31 heavy (non-hydrogen) atoms. The highest BCUT2D eigenvalue weighted by Gasteiger charge is 2.23. The van der Waals surface area contributed by atoms with Crippen molar-refractivity contribution in [2.45, 2.75) is 31.9 Å². The molecule has 4 rings (SSSR count). The highest BCUT2D eigenvalue weighted by Crippen LogP contribution is 2.35. The second-order valence-corrected chi connectivity index (χ2v) is 7.39. The van der Waals surface area contributed by atoms with Crippen LogP contribution in [0.3, 0.4) is 0 Å². The Morgan fingerprint density at radius 3 is 2.90 bits per heavy atom. The number of nitriles is 1. The number of nitrogens with one attached hydrogen (secondary N) is 2. The lowest BCUT2D eigenvalue weighted by molar-refractivity contribution is -0.132. The van der Waals surface area contributed by atoms with Crippen LogP contribution in [0.4, 0.5) is 16.0 Å². The Morgan fingerprint density at radius 2 is 2.13 bits per heavy atom. The standard InChI is InChI=1S/C22H23FN6O2/c23-15-8-12-29(13-9-15)20(30)6-3-10-25-22-26-11-7-17(28-22)16(14-24)21-27-18-4-1-2-5-19(18)31-21/h1-2,4-5,7,11,15,27H,3,6,8-10,12-13H2,(H,25,26,28)/b21-16-. The van der Waals surface area contributed by atoms with Crippen LogP contribution in [0.25, 0.3) is 5.57 Å². The lowest BCUT2D eigenvalue weighted by Gasteiger charge is -2.28. The maximum atomic E-state index is 13.2. The van der Waals surface area contributed by atoms with E-state index in [0.29, 0.717) is 68.6 Å². The third-order valence-corrected chi connectivity index (χ3v) is 5.23. The van der Waals surface area contributed by atoms with Gasteiger partial charge in [-0.05, 0) is 37.5 Å². The Kier molecular flexibility index (Phi) is 6.26. The van der Waals surface area contributed by atoms with Crippen molar-refractivity contribution in [3.63, 3.8) is 0 Å². The van der Waals surface area contributed by atoms with Crippen molar-refractivity contribution in [2.24, 2.45) is 0 Å². The van der Waals surface area contributed by atoms with Gasteiger partial charge in [-0.2, -0.15) is 5.26 Å². The topological polar surface area (TPSA) is 103 Å². The Bertz CT molecular complexity index is 1000. The lowest BCUT2D eigenvalue weighted by atomic mass is 10.1. The molecule has 0 aliphatic carbocycles. The molecule has 0 radical (unpaired) electrons. The number of halogens is 1. The largest absolute Gasteiger partial charge is 0.437 e. The zero-order valence-corrected chi connectivity index (χ0v) is 17.0. The SMILES string of the molecule is N#C/C(=C1\Nc2ccccc2O1)c1ccnc(NCCCC(=O)N2CCC(F)CC2)n1. The molecule has 1 saturated heterocycles. The van der Waals surface area contributed by atoms with Crippen LogP contribution >= 0.6 is 0 Å². The number of benzene rings is 1. The van der Waals surface area contributed by atoms with Gasteiger partial charge in [0, 0.05) is 32.3 Å². The van der Waals surface area contributed by atoms with E-state index in [-0.39, 0.29) is 11.5 Å². The molecular formula is C22H23FN6O2. The molecule has 1 aromatic heterocycles. The third-order valence-electron chi connectivity index (χ3n) is 5.23. The molecule has 2 aromatic rings. The fourth-order valence-corrected chi connectivity index (χ4v) is 3.53. The summed E-state index contributed by atoms with van der Waals surface area (Å²) in [4.78, 5) is 22.5. The maximum absolute atomic E-state index is 13.2. The van der Waals surface area contributed by atoms with Gasteiger partial charge >= 0.3 is 0 Å². The maximum Gasteiger partial charge on any atom is 0.223 e. The van der Waals surface area contributed by atoms with Gasteiger partial charge in [0.15, 0.2) is 5.75 Å². The molecule has 9 heteroatoms. The third kappa shape index (κ3) is 4.91. The van der Waals surface area contributed by atoms with Crippen molar-refractivity contribution in [1.29, 1.82) is 5.26 Å². The van der Waals surface area contributed by atoms with E-state index in [2.05, 4.69) is 26.7 Å². The Hall–Kier alpha value is -3.67. The number of allylic oxidation sites excluding steroid dienone is 1. The minimum Gasteiger partial charge on any atom is -0.437 e. The van der Waals surface area contributed by atoms with Crippen molar-refractivity contribution < 1.29 is 13.9 Å². The predicted molar refractivity (Wildman–Crippen MR) is 114 cm³/mol. The van der Waals surface area contributed by atoms with Crippen LogP contribution in [-0.2, 0) is 4.79 Å². The quantitative estimate of drug-likeness (QED) is 0.544. The average Bonchev–Trinajstić information content (AvgIpc) is 3.21. The number of ether oxygens (including phenoxy) is 1. The summed E-state index contributed by atoms with van der Waals surface area (Å²) in [6, 6.07) is 11.2. The second-order valence-electron chi connectivity index (χ2n) is 7.39. The molecule has 0 unspecified atom stereocenters. The van der Waals surface area contributed by atoms with Gasteiger partial charge in [-0.1, -0.05) is 12.1 Å². The number of hydrogen-bond acceptors (Lipinski definition) is 7. The number of piperidine rings is 1. The summed E-state index contributed by atoms with van der Waals surface area (Å²) in [6.45, 7) is 1.49. The molecule has 0 atom stereocenters. The van der Waals surface area contributed by atoms with Crippen LogP contribution in [0, 0.1) is 11.3 Å². The molecular weight excluding hydrogens is 399 g/mol. The number of amides is 1. The van der Waals surface area contributed by atoms with E-state index in [1.54, 1.807) is 17.2 Å². The number of carbonyl (C=O) groups is 1. The summed E-state index contributed by atoms with van der Waals surface area (Å²) >= 11 is 0. The van der Waals surface area contributed by atoms with Crippen molar-refractivity contribution >= 4 is 23.1 Å². The number of carbonyl (C=O) groups excluding carboxylic acids is 1. The monoisotopic (exact) mass is 422 g/mol. The van der Waals surface area contributed by atoms with E-state index in [0.717, 1.165) is 5.69 Å². The van der Waals surface area contributed by atoms with Gasteiger partial charge in [0.2, 0.25) is 17.7 Å². The summed E-state index contributed by atoms with van der Waals surface area (Å²) in [5.41, 5.74) is 1.49. The number of anilines is 2. The summed E-state index contributed by atoms with van der Waals surface area (Å²) in [5.74, 6) is 1.39. The van der Waals surface area contributed by atoms with E-state index in [9.17, 15) is 14.4 Å². The van der Waals surface area contributed by atoms with Crippen molar-refractivity contribution in [3.8, 4) is 11.8 Å². The zero-order chi connectivity index (χ0) is 21.6. The van der Waals surface area contributed by atoms with Gasteiger partial charge in [-0.25, -0.2) is 14.4 Å². The van der Waals surface area contributed by atoms with E-state index in [1.807, 2.05) is 24.3 Å². The first kappa shape index (κ1) is 20.6. The number of hydrogen-bond donors (Lipinski definition) is 2. The minimum absolute atomic E-state index is 0.0453. The molecule has 0 saturated carbocycles. The van der Waals surface area contributed by atoms with E-state index < -0.39 is 6.17 Å². The normalized spacial score (nSPS) is 17.2. The molecule has 1 amide bonds. The molecule has 1 fully saturated rings. The molecule has 2 N–H and O–H groups in total.